The maximum Gasteiger partial charge on any atom is 0.119 e. The van der Waals surface area contributed by atoms with Gasteiger partial charge in [0.25, 0.3) is 0 Å². The molecule has 0 bridgehead atoms. The fraction of sp³-hybridized carbons (Fsp3) is 0.647. The van der Waals surface area contributed by atoms with Crippen molar-refractivity contribution in [1.82, 2.24) is 5.32 Å². The van der Waals surface area contributed by atoms with E-state index in [0.29, 0.717) is 12.1 Å². The average molecular weight is 263 g/mol. The van der Waals surface area contributed by atoms with Gasteiger partial charge in [0.2, 0.25) is 0 Å². The van der Waals surface area contributed by atoms with Crippen LogP contribution in [0.25, 0.3) is 0 Å². The molecule has 0 radical (unpaired) electrons. The first kappa shape index (κ1) is 16.0. The van der Waals surface area contributed by atoms with Crippen LogP contribution in [-0.4, -0.2) is 12.6 Å². The van der Waals surface area contributed by atoms with Gasteiger partial charge in [-0.05, 0) is 50.8 Å². The zero-order valence-electron chi connectivity index (χ0n) is 13.1. The molecule has 108 valence electrons. The van der Waals surface area contributed by atoms with Crippen LogP contribution in [-0.2, 0) is 0 Å². The van der Waals surface area contributed by atoms with Gasteiger partial charge in [-0.1, -0.05) is 32.4 Å². The van der Waals surface area contributed by atoms with Crippen LogP contribution in [0.5, 0.6) is 5.75 Å². The van der Waals surface area contributed by atoms with Crippen molar-refractivity contribution < 1.29 is 4.74 Å². The topological polar surface area (TPSA) is 21.3 Å². The largest absolute Gasteiger partial charge is 0.494 e. The van der Waals surface area contributed by atoms with Gasteiger partial charge in [-0.25, -0.2) is 0 Å². The number of nitrogens with one attached hydrogen (secondary N) is 1. The number of benzene rings is 1. The summed E-state index contributed by atoms with van der Waals surface area (Å²) in [5.41, 5.74) is 1.32. The van der Waals surface area contributed by atoms with Gasteiger partial charge in [-0.15, -0.1) is 0 Å². The van der Waals surface area contributed by atoms with E-state index in [-0.39, 0.29) is 0 Å². The predicted molar refractivity (Wildman–Crippen MR) is 82.7 cm³/mol. The molecule has 0 heterocycles. The van der Waals surface area contributed by atoms with Gasteiger partial charge in [0, 0.05) is 12.1 Å². The van der Waals surface area contributed by atoms with E-state index in [0.717, 1.165) is 18.3 Å². The Morgan fingerprint density at radius 1 is 1.05 bits per heavy atom. The molecule has 0 aromatic heterocycles. The van der Waals surface area contributed by atoms with Crippen molar-refractivity contribution in [1.29, 1.82) is 0 Å². The third kappa shape index (κ3) is 5.65. The Bertz CT molecular complexity index is 347. The van der Waals surface area contributed by atoms with Crippen LogP contribution in [0.1, 0.15) is 59.1 Å². The molecular formula is C17H29NO. The SMILES string of the molecule is CCOc1ccc(C(C)NC(C)CC(C)CC)cc1. The second kappa shape index (κ2) is 8.21. The zero-order valence-corrected chi connectivity index (χ0v) is 13.1. The minimum atomic E-state index is 0.384. The number of hydrogen-bond donors (Lipinski definition) is 1. The minimum absolute atomic E-state index is 0.384. The summed E-state index contributed by atoms with van der Waals surface area (Å²) >= 11 is 0. The van der Waals surface area contributed by atoms with E-state index in [4.69, 9.17) is 4.74 Å². The van der Waals surface area contributed by atoms with Crippen molar-refractivity contribution in [2.75, 3.05) is 6.61 Å². The normalized spacial score (nSPS) is 15.8. The zero-order chi connectivity index (χ0) is 14.3. The molecule has 0 amide bonds. The van der Waals surface area contributed by atoms with Crippen LogP contribution in [0.3, 0.4) is 0 Å². The highest BCUT2D eigenvalue weighted by Crippen LogP contribution is 2.19. The molecule has 1 aromatic rings. The lowest BCUT2D eigenvalue weighted by atomic mass is 9.99. The monoisotopic (exact) mass is 263 g/mol. The van der Waals surface area contributed by atoms with Gasteiger partial charge in [-0.2, -0.15) is 0 Å². The number of hydrogen-bond acceptors (Lipinski definition) is 2. The molecular weight excluding hydrogens is 234 g/mol. The summed E-state index contributed by atoms with van der Waals surface area (Å²) in [4.78, 5) is 0. The Labute approximate surface area is 118 Å². The molecule has 1 rings (SSSR count). The van der Waals surface area contributed by atoms with E-state index in [1.54, 1.807) is 0 Å². The second-order valence-electron chi connectivity index (χ2n) is 5.54. The summed E-state index contributed by atoms with van der Waals surface area (Å²) in [7, 11) is 0. The summed E-state index contributed by atoms with van der Waals surface area (Å²) in [5.74, 6) is 1.74. The van der Waals surface area contributed by atoms with E-state index in [1.165, 1.54) is 18.4 Å². The Morgan fingerprint density at radius 2 is 1.68 bits per heavy atom. The summed E-state index contributed by atoms with van der Waals surface area (Å²) in [5, 5.41) is 3.67. The van der Waals surface area contributed by atoms with Crippen molar-refractivity contribution in [2.45, 2.75) is 59.5 Å². The van der Waals surface area contributed by atoms with Crippen LogP contribution in [0.15, 0.2) is 24.3 Å². The summed E-state index contributed by atoms with van der Waals surface area (Å²) in [6.45, 7) is 11.8. The van der Waals surface area contributed by atoms with Crippen LogP contribution in [0, 0.1) is 5.92 Å². The first-order valence-electron chi connectivity index (χ1n) is 7.55. The second-order valence-corrected chi connectivity index (χ2v) is 5.54. The molecule has 3 unspecified atom stereocenters. The minimum Gasteiger partial charge on any atom is -0.494 e. The maximum absolute atomic E-state index is 5.47. The quantitative estimate of drug-likeness (QED) is 0.742. The first-order valence-corrected chi connectivity index (χ1v) is 7.55. The molecule has 0 saturated heterocycles. The summed E-state index contributed by atoms with van der Waals surface area (Å²) in [6.07, 6.45) is 2.49. The molecule has 0 saturated carbocycles. The smallest absolute Gasteiger partial charge is 0.119 e. The van der Waals surface area contributed by atoms with Crippen LogP contribution < -0.4 is 10.1 Å². The molecule has 2 nitrogen and oxygen atoms in total. The molecule has 0 aliphatic carbocycles. The van der Waals surface area contributed by atoms with E-state index >= 15 is 0 Å². The molecule has 0 aliphatic heterocycles. The molecule has 0 aliphatic rings. The Kier molecular flexibility index (Phi) is 6.93. The lowest BCUT2D eigenvalue weighted by Gasteiger charge is -2.22. The Hall–Kier alpha value is -1.02. The van der Waals surface area contributed by atoms with E-state index in [2.05, 4.69) is 57.3 Å². The first-order chi connectivity index (χ1) is 9.06. The van der Waals surface area contributed by atoms with Crippen molar-refractivity contribution in [3.05, 3.63) is 29.8 Å². The molecule has 1 aromatic carbocycles. The predicted octanol–water partition coefficient (Wildman–Crippen LogP) is 4.56. The van der Waals surface area contributed by atoms with Crippen molar-refractivity contribution >= 4 is 0 Å². The standard InChI is InChI=1S/C17H29NO/c1-6-13(3)12-14(4)18-15(5)16-8-10-17(11-9-16)19-7-2/h8-11,13-15,18H,6-7,12H2,1-5H3. The van der Waals surface area contributed by atoms with Gasteiger partial charge in [0.1, 0.15) is 5.75 Å². The summed E-state index contributed by atoms with van der Waals surface area (Å²) in [6, 6.07) is 9.34. The van der Waals surface area contributed by atoms with Crippen LogP contribution in [0.2, 0.25) is 0 Å². The van der Waals surface area contributed by atoms with Gasteiger partial charge < -0.3 is 10.1 Å². The highest BCUT2D eigenvalue weighted by Gasteiger charge is 2.11. The lowest BCUT2D eigenvalue weighted by Crippen LogP contribution is -2.30. The Balaban J connectivity index is 2.50. The van der Waals surface area contributed by atoms with Crippen LogP contribution >= 0.6 is 0 Å². The van der Waals surface area contributed by atoms with Crippen molar-refractivity contribution in [3.63, 3.8) is 0 Å². The number of rotatable bonds is 8. The maximum atomic E-state index is 5.47. The molecule has 0 fully saturated rings. The van der Waals surface area contributed by atoms with Crippen molar-refractivity contribution in [3.8, 4) is 5.75 Å². The van der Waals surface area contributed by atoms with E-state index < -0.39 is 0 Å². The van der Waals surface area contributed by atoms with Gasteiger partial charge >= 0.3 is 0 Å². The van der Waals surface area contributed by atoms with Crippen molar-refractivity contribution in [2.24, 2.45) is 5.92 Å². The van der Waals surface area contributed by atoms with E-state index in [1.807, 2.05) is 6.92 Å². The average Bonchev–Trinajstić information content (AvgIpc) is 2.39. The van der Waals surface area contributed by atoms with Gasteiger partial charge in [0.15, 0.2) is 0 Å². The highest BCUT2D eigenvalue weighted by molar-refractivity contribution is 5.28. The number of ether oxygens (including phenoxy) is 1. The lowest BCUT2D eigenvalue weighted by molar-refractivity contribution is 0.340. The fourth-order valence-electron chi connectivity index (χ4n) is 2.38. The highest BCUT2D eigenvalue weighted by atomic mass is 16.5. The third-order valence-corrected chi connectivity index (χ3v) is 3.68. The molecule has 0 spiro atoms. The van der Waals surface area contributed by atoms with E-state index in [9.17, 15) is 0 Å². The summed E-state index contributed by atoms with van der Waals surface area (Å²) < 4.78 is 5.47. The van der Waals surface area contributed by atoms with Gasteiger partial charge in [-0.3, -0.25) is 0 Å². The molecule has 2 heteroatoms. The van der Waals surface area contributed by atoms with Crippen LogP contribution in [0.4, 0.5) is 0 Å². The Morgan fingerprint density at radius 3 is 2.21 bits per heavy atom. The fourth-order valence-corrected chi connectivity index (χ4v) is 2.38. The third-order valence-electron chi connectivity index (χ3n) is 3.68. The molecule has 1 N–H and O–H groups in total. The van der Waals surface area contributed by atoms with Gasteiger partial charge in [0.05, 0.1) is 6.61 Å². The molecule has 3 atom stereocenters. The molecule has 19 heavy (non-hydrogen) atoms.